The van der Waals surface area contributed by atoms with Gasteiger partial charge in [-0.25, -0.2) is 14.4 Å². The van der Waals surface area contributed by atoms with Crippen LogP contribution in [0, 0.1) is 76.3 Å². The van der Waals surface area contributed by atoms with Crippen LogP contribution in [0.25, 0.3) is 0 Å². The Morgan fingerprint density at radius 3 is 0.469 bits per heavy atom. The molecule has 0 aliphatic heterocycles. The molecule has 0 saturated carbocycles. The minimum atomic E-state index is -2.20. The molecule has 0 aliphatic carbocycles. The quantitative estimate of drug-likeness (QED) is 0.126. The van der Waals surface area contributed by atoms with Gasteiger partial charge in [-0.1, -0.05) is 0 Å². The van der Waals surface area contributed by atoms with Gasteiger partial charge in [-0.15, -0.1) is 0 Å². The SMILES string of the molecule is O=C([O-])OC(=O)OC(=O)[O-].O=C([O-])OC(=O)OC(=O)[O-].O=C([O-])OC(=O)OC(=O)[O-].[Dy+3].[Dy+3]. The predicted molar refractivity (Wildman–Crippen MR) is 55.1 cm³/mol. The molecule has 0 aromatic rings. The average molecular weight is 769 g/mol. The van der Waals surface area contributed by atoms with Crippen molar-refractivity contribution in [3.05, 3.63) is 0 Å². The van der Waals surface area contributed by atoms with E-state index in [4.69, 9.17) is 0 Å². The minimum absolute atomic E-state index is 0. The molecule has 0 bridgehead atoms. The summed E-state index contributed by atoms with van der Waals surface area (Å²) < 4.78 is 18.5. The van der Waals surface area contributed by atoms with E-state index in [-0.39, 0.29) is 76.3 Å². The zero-order valence-electron chi connectivity index (χ0n) is 13.7. The zero-order chi connectivity index (χ0) is 24.4. The first-order chi connectivity index (χ1) is 13.6. The number of ether oxygens (including phenoxy) is 6. The van der Waals surface area contributed by atoms with E-state index >= 15 is 0 Å². The number of carbonyl (C=O) groups excluding carboxylic acids is 9. The van der Waals surface area contributed by atoms with Crippen LogP contribution in [0.5, 0.6) is 0 Å². The fraction of sp³-hybridized carbons (Fsp3) is 0. The number of rotatable bonds is 0. The Morgan fingerprint density at radius 1 is 0.312 bits per heavy atom. The summed E-state index contributed by atoms with van der Waals surface area (Å²) in [6.45, 7) is 0. The van der Waals surface area contributed by atoms with Crippen LogP contribution in [-0.4, -0.2) is 55.4 Å². The maximum atomic E-state index is 9.78. The molecule has 0 aliphatic rings. The number of carbonyl (C=O) groups is 9. The van der Waals surface area contributed by atoms with Crippen molar-refractivity contribution < 1.29 is 179 Å². The first-order valence-corrected chi connectivity index (χ1v) is 5.51. The molecular formula is C9Dy2O21. The molecule has 0 aromatic heterocycles. The van der Waals surface area contributed by atoms with Gasteiger partial charge in [-0.05, 0) is 0 Å². The van der Waals surface area contributed by atoms with Crippen molar-refractivity contribution in [2.45, 2.75) is 0 Å². The molecule has 2 radical (unpaired) electrons. The van der Waals surface area contributed by atoms with Crippen LogP contribution in [0.1, 0.15) is 0 Å². The van der Waals surface area contributed by atoms with E-state index in [0.717, 1.165) is 0 Å². The molecular weight excluding hydrogens is 769 g/mol. The third-order valence-electron chi connectivity index (χ3n) is 1.000. The smallest absolute Gasteiger partial charge is 0.467 e. The van der Waals surface area contributed by atoms with Gasteiger partial charge >= 0.3 is 94.8 Å². The van der Waals surface area contributed by atoms with Crippen molar-refractivity contribution in [1.29, 1.82) is 0 Å². The molecule has 0 amide bonds. The second-order valence-corrected chi connectivity index (χ2v) is 2.86. The fourth-order valence-electron chi connectivity index (χ4n) is 0.471. The van der Waals surface area contributed by atoms with Gasteiger partial charge in [-0.2, -0.15) is 0 Å². The Balaban J connectivity index is -0.000000110. The molecule has 0 aromatic carbocycles. The first kappa shape index (κ1) is 39.6. The molecule has 0 saturated heterocycles. The van der Waals surface area contributed by atoms with Gasteiger partial charge in [0.05, 0.1) is 0 Å². The molecule has 0 atom stereocenters. The predicted octanol–water partition coefficient (Wildman–Crippen LogP) is -6.52. The third-order valence-corrected chi connectivity index (χ3v) is 1.000. The van der Waals surface area contributed by atoms with Crippen molar-refractivity contribution in [3.8, 4) is 0 Å². The largest absolute Gasteiger partial charge is 3.00 e. The maximum Gasteiger partial charge on any atom is 3.00 e. The van der Waals surface area contributed by atoms with Crippen LogP contribution < -0.4 is 30.6 Å². The summed E-state index contributed by atoms with van der Waals surface area (Å²) in [6, 6.07) is 0. The Morgan fingerprint density at radius 2 is 0.406 bits per heavy atom. The first-order valence-electron chi connectivity index (χ1n) is 5.51. The molecule has 0 heterocycles. The Bertz CT molecular complexity index is 561. The standard InChI is InChI=1S/3C3H2O7.2Dy/c3*4-1(5)9-3(8)10-2(6)7;;/h3*(H,4,5)(H,6,7);;/q;;;2*+3/p-6. The van der Waals surface area contributed by atoms with Crippen molar-refractivity contribution in [3.63, 3.8) is 0 Å². The summed E-state index contributed by atoms with van der Waals surface area (Å²) in [5, 5.41) is 56.1. The topological polar surface area (TPSA) is 347 Å². The van der Waals surface area contributed by atoms with Crippen molar-refractivity contribution in [2.24, 2.45) is 0 Å². The maximum absolute atomic E-state index is 9.78. The van der Waals surface area contributed by atoms with Gasteiger partial charge in [0.1, 0.15) is 0 Å². The Hall–Kier alpha value is -2.82. The monoisotopic (exact) mass is 772 g/mol. The molecule has 0 N–H and O–H groups in total. The summed E-state index contributed by atoms with van der Waals surface area (Å²) in [4.78, 5) is 85.4. The van der Waals surface area contributed by atoms with Crippen LogP contribution in [-0.2, 0) is 28.4 Å². The second kappa shape index (κ2) is 22.9. The number of hydrogen-bond acceptors (Lipinski definition) is 21. The van der Waals surface area contributed by atoms with E-state index in [1.165, 1.54) is 0 Å². The summed E-state index contributed by atoms with van der Waals surface area (Å²) >= 11 is 0. The van der Waals surface area contributed by atoms with Crippen molar-refractivity contribution in [1.82, 2.24) is 0 Å². The molecule has 0 fully saturated rings. The van der Waals surface area contributed by atoms with Crippen molar-refractivity contribution >= 4 is 55.4 Å². The summed E-state index contributed by atoms with van der Waals surface area (Å²) in [7, 11) is 0. The second-order valence-electron chi connectivity index (χ2n) is 2.86. The van der Waals surface area contributed by atoms with E-state index in [1.807, 2.05) is 0 Å². The molecule has 23 heteroatoms. The minimum Gasteiger partial charge on any atom is -0.467 e. The average Bonchev–Trinajstić information content (AvgIpc) is 2.42. The van der Waals surface area contributed by atoms with E-state index in [0.29, 0.717) is 0 Å². The summed E-state index contributed by atoms with van der Waals surface area (Å²) in [5.41, 5.74) is 0. The Labute approximate surface area is 232 Å². The molecule has 0 unspecified atom stereocenters. The number of carboxylic acid groups (broad SMARTS) is 6. The zero-order valence-corrected chi connectivity index (χ0v) is 17.8. The van der Waals surface area contributed by atoms with E-state index in [9.17, 15) is 73.8 Å². The number of hydrogen-bond donors (Lipinski definition) is 0. The van der Waals surface area contributed by atoms with Gasteiger partial charge in [-0.3, -0.25) is 0 Å². The van der Waals surface area contributed by atoms with Crippen LogP contribution in [0.4, 0.5) is 43.2 Å². The van der Waals surface area contributed by atoms with E-state index in [2.05, 4.69) is 28.4 Å². The normalized spacial score (nSPS) is 7.50. The van der Waals surface area contributed by atoms with E-state index < -0.39 is 55.4 Å². The van der Waals surface area contributed by atoms with Gasteiger partial charge in [0.15, 0.2) is 0 Å². The fourth-order valence-corrected chi connectivity index (χ4v) is 0.471. The van der Waals surface area contributed by atoms with Gasteiger partial charge in [0, 0.05) is 0 Å². The summed E-state index contributed by atoms with van der Waals surface area (Å²) in [6.07, 6.45) is -19.0. The molecule has 182 valence electrons. The van der Waals surface area contributed by atoms with Crippen LogP contribution in [0.15, 0.2) is 0 Å². The van der Waals surface area contributed by atoms with E-state index in [1.54, 1.807) is 0 Å². The van der Waals surface area contributed by atoms with Crippen LogP contribution in [0.3, 0.4) is 0 Å². The van der Waals surface area contributed by atoms with Gasteiger partial charge in [0.2, 0.25) is 0 Å². The van der Waals surface area contributed by atoms with Gasteiger partial charge < -0.3 is 87.8 Å². The van der Waals surface area contributed by atoms with Crippen LogP contribution >= 0.6 is 0 Å². The van der Waals surface area contributed by atoms with Crippen molar-refractivity contribution in [2.75, 3.05) is 0 Å². The molecule has 0 rings (SSSR count). The van der Waals surface area contributed by atoms with Gasteiger partial charge in [0.25, 0.3) is 36.9 Å². The molecule has 21 nitrogen and oxygen atoms in total. The summed E-state index contributed by atoms with van der Waals surface area (Å²) in [5.74, 6) is 0. The molecule has 0 spiro atoms. The molecule has 32 heavy (non-hydrogen) atoms. The van der Waals surface area contributed by atoms with Crippen LogP contribution in [0.2, 0.25) is 0 Å². The Kier molecular flexibility index (Phi) is 28.3. The third kappa shape index (κ3) is 41.5.